The number of halogens is 4. The van der Waals surface area contributed by atoms with Gasteiger partial charge in [0.2, 0.25) is 0 Å². The quantitative estimate of drug-likeness (QED) is 0.350. The number of nitrogens with one attached hydrogen (secondary N) is 1. The minimum Gasteiger partial charge on any atom is -0.497 e. The SMILES string of the molecule is COc1ccc2ncc(F)c([C@H](F)CCC3(CO)CCN(CCNc4cc(F)cc(F)c4)CC3)c2c1. The molecule has 5 nitrogen and oxygen atoms in total. The number of likely N-dealkylation sites (tertiary alicyclic amines) is 1. The van der Waals surface area contributed by atoms with Gasteiger partial charge in [-0.2, -0.15) is 0 Å². The largest absolute Gasteiger partial charge is 0.497 e. The molecule has 194 valence electrons. The van der Waals surface area contributed by atoms with E-state index in [1.165, 1.54) is 19.2 Å². The van der Waals surface area contributed by atoms with Gasteiger partial charge in [-0.3, -0.25) is 4.98 Å². The van der Waals surface area contributed by atoms with Crippen molar-refractivity contribution in [1.82, 2.24) is 9.88 Å². The molecule has 1 aliphatic heterocycles. The molecule has 2 heterocycles. The smallest absolute Gasteiger partial charge is 0.148 e. The van der Waals surface area contributed by atoms with Gasteiger partial charge < -0.3 is 20.1 Å². The van der Waals surface area contributed by atoms with Crippen LogP contribution in [0.3, 0.4) is 0 Å². The topological polar surface area (TPSA) is 57.6 Å². The molecule has 1 saturated heterocycles. The van der Waals surface area contributed by atoms with E-state index < -0.39 is 29.0 Å². The summed E-state index contributed by atoms with van der Waals surface area (Å²) in [5.74, 6) is -1.46. The first-order valence-corrected chi connectivity index (χ1v) is 12.1. The number of hydrogen-bond acceptors (Lipinski definition) is 5. The summed E-state index contributed by atoms with van der Waals surface area (Å²) in [5.41, 5.74) is 0.423. The monoisotopic (exact) mass is 505 g/mol. The van der Waals surface area contributed by atoms with Crippen LogP contribution in [0.15, 0.2) is 42.6 Å². The second-order valence-electron chi connectivity index (χ2n) is 9.49. The van der Waals surface area contributed by atoms with Crippen LogP contribution >= 0.6 is 0 Å². The van der Waals surface area contributed by atoms with Crippen molar-refractivity contribution in [3.63, 3.8) is 0 Å². The Bertz CT molecular complexity index is 1160. The number of hydrogen-bond donors (Lipinski definition) is 2. The number of methoxy groups -OCH3 is 1. The summed E-state index contributed by atoms with van der Waals surface area (Å²) >= 11 is 0. The molecule has 1 atom stereocenters. The van der Waals surface area contributed by atoms with Crippen LogP contribution in [0.1, 0.15) is 37.4 Å². The molecule has 0 saturated carbocycles. The number of fused-ring (bicyclic) bond motifs is 1. The second-order valence-corrected chi connectivity index (χ2v) is 9.49. The highest BCUT2D eigenvalue weighted by Crippen LogP contribution is 2.40. The third-order valence-corrected chi connectivity index (χ3v) is 7.18. The average Bonchev–Trinajstić information content (AvgIpc) is 2.87. The van der Waals surface area contributed by atoms with Crippen molar-refractivity contribution >= 4 is 16.6 Å². The zero-order valence-electron chi connectivity index (χ0n) is 20.2. The van der Waals surface area contributed by atoms with E-state index in [-0.39, 0.29) is 18.6 Å². The van der Waals surface area contributed by atoms with E-state index in [4.69, 9.17) is 4.74 Å². The molecule has 4 rings (SSSR count). The zero-order chi connectivity index (χ0) is 25.7. The highest BCUT2D eigenvalue weighted by Gasteiger charge is 2.35. The lowest BCUT2D eigenvalue weighted by atomic mass is 9.74. The van der Waals surface area contributed by atoms with Gasteiger partial charge in [-0.05, 0) is 74.5 Å². The van der Waals surface area contributed by atoms with Crippen LogP contribution in [-0.2, 0) is 0 Å². The number of piperidine rings is 1. The Morgan fingerprint density at radius 2 is 1.83 bits per heavy atom. The molecule has 36 heavy (non-hydrogen) atoms. The summed E-state index contributed by atoms with van der Waals surface area (Å²) in [4.78, 5) is 6.25. The summed E-state index contributed by atoms with van der Waals surface area (Å²) < 4.78 is 61.9. The number of aliphatic hydroxyl groups is 1. The molecular weight excluding hydrogens is 474 g/mol. The molecule has 9 heteroatoms. The Hall–Kier alpha value is -2.91. The van der Waals surface area contributed by atoms with Crippen LogP contribution in [0.2, 0.25) is 0 Å². The molecule has 0 spiro atoms. The molecule has 1 fully saturated rings. The number of anilines is 1. The van der Waals surface area contributed by atoms with Crippen LogP contribution in [-0.4, -0.2) is 54.9 Å². The molecule has 2 aromatic carbocycles. The number of benzene rings is 2. The number of aliphatic hydroxyl groups excluding tert-OH is 1. The van der Waals surface area contributed by atoms with E-state index in [1.54, 1.807) is 18.2 Å². The van der Waals surface area contributed by atoms with Gasteiger partial charge in [-0.15, -0.1) is 0 Å². The fraction of sp³-hybridized carbons (Fsp3) is 0.444. The van der Waals surface area contributed by atoms with E-state index in [1.807, 2.05) is 0 Å². The van der Waals surface area contributed by atoms with Crippen molar-refractivity contribution < 1.29 is 27.4 Å². The van der Waals surface area contributed by atoms with Gasteiger partial charge in [-0.1, -0.05) is 0 Å². The first-order valence-electron chi connectivity index (χ1n) is 12.1. The van der Waals surface area contributed by atoms with Gasteiger partial charge in [0.05, 0.1) is 18.8 Å². The molecule has 3 aromatic rings. The lowest BCUT2D eigenvalue weighted by Gasteiger charge is -2.41. The highest BCUT2D eigenvalue weighted by molar-refractivity contribution is 5.84. The minimum absolute atomic E-state index is 0.0238. The van der Waals surface area contributed by atoms with Gasteiger partial charge in [0, 0.05) is 42.4 Å². The van der Waals surface area contributed by atoms with Crippen molar-refractivity contribution in [2.75, 3.05) is 45.2 Å². The van der Waals surface area contributed by atoms with Crippen LogP contribution < -0.4 is 10.1 Å². The second kappa shape index (κ2) is 11.4. The third kappa shape index (κ3) is 6.07. The first-order chi connectivity index (χ1) is 17.3. The molecule has 0 bridgehead atoms. The summed E-state index contributed by atoms with van der Waals surface area (Å²) in [6.45, 7) is 2.53. The summed E-state index contributed by atoms with van der Waals surface area (Å²) in [7, 11) is 1.50. The molecule has 1 aromatic heterocycles. The summed E-state index contributed by atoms with van der Waals surface area (Å²) in [6.07, 6.45) is 1.37. The van der Waals surface area contributed by atoms with Gasteiger partial charge in [-0.25, -0.2) is 17.6 Å². The van der Waals surface area contributed by atoms with Gasteiger partial charge in [0.25, 0.3) is 0 Å². The molecular formula is C27H31F4N3O2. The summed E-state index contributed by atoms with van der Waals surface area (Å²) in [6, 6.07) is 8.29. The number of rotatable bonds is 10. The number of ether oxygens (including phenoxy) is 1. The van der Waals surface area contributed by atoms with Crippen LogP contribution in [0.5, 0.6) is 5.75 Å². The van der Waals surface area contributed by atoms with Crippen LogP contribution in [0.25, 0.3) is 10.9 Å². The Morgan fingerprint density at radius 1 is 1.11 bits per heavy atom. The molecule has 1 aliphatic rings. The van der Waals surface area contributed by atoms with Crippen molar-refractivity contribution in [3.05, 3.63) is 65.6 Å². The van der Waals surface area contributed by atoms with Crippen LogP contribution in [0.4, 0.5) is 23.2 Å². The lowest BCUT2D eigenvalue weighted by Crippen LogP contribution is -2.43. The van der Waals surface area contributed by atoms with Crippen LogP contribution in [0, 0.1) is 22.9 Å². The van der Waals surface area contributed by atoms with Crippen molar-refractivity contribution in [3.8, 4) is 5.75 Å². The predicted octanol–water partition coefficient (Wildman–Crippen LogP) is 5.64. The van der Waals surface area contributed by atoms with Crippen molar-refractivity contribution in [2.24, 2.45) is 5.41 Å². The van der Waals surface area contributed by atoms with Gasteiger partial charge in [0.15, 0.2) is 0 Å². The molecule has 0 amide bonds. The number of nitrogens with zero attached hydrogens (tertiary/aromatic N) is 2. The van der Waals surface area contributed by atoms with Gasteiger partial charge >= 0.3 is 0 Å². The average molecular weight is 506 g/mol. The van der Waals surface area contributed by atoms with Gasteiger partial charge in [0.1, 0.15) is 29.4 Å². The highest BCUT2D eigenvalue weighted by atomic mass is 19.1. The first kappa shape index (κ1) is 26.2. The fourth-order valence-electron chi connectivity index (χ4n) is 4.94. The summed E-state index contributed by atoms with van der Waals surface area (Å²) in [5, 5.41) is 13.6. The fourth-order valence-corrected chi connectivity index (χ4v) is 4.94. The predicted molar refractivity (Wildman–Crippen MR) is 131 cm³/mol. The number of aromatic nitrogens is 1. The maximum atomic E-state index is 15.4. The molecule has 2 N–H and O–H groups in total. The third-order valence-electron chi connectivity index (χ3n) is 7.18. The van der Waals surface area contributed by atoms with Crippen molar-refractivity contribution in [2.45, 2.75) is 31.9 Å². The van der Waals surface area contributed by atoms with E-state index in [0.717, 1.165) is 12.3 Å². The number of alkyl halides is 1. The molecule has 0 unspecified atom stereocenters. The normalized spacial score (nSPS) is 16.7. The van der Waals surface area contributed by atoms with Crippen molar-refractivity contribution in [1.29, 1.82) is 0 Å². The Balaban J connectivity index is 1.33. The standard InChI is InChI=1S/C27H31F4N3O2/c1-36-21-2-3-25-22(15-21)26(24(31)16-33-25)23(30)4-5-27(17-35)6-9-34(10-7-27)11-8-32-20-13-18(28)12-19(29)14-20/h2-3,12-16,23,32,35H,4-11,17H2,1H3/t23-/m1/s1. The maximum absolute atomic E-state index is 15.4. The molecule has 0 aliphatic carbocycles. The lowest BCUT2D eigenvalue weighted by molar-refractivity contribution is 0.0314. The number of pyridine rings is 1. The zero-order valence-corrected chi connectivity index (χ0v) is 20.2. The molecule has 0 radical (unpaired) electrons. The maximum Gasteiger partial charge on any atom is 0.148 e. The van der Waals surface area contributed by atoms with E-state index in [2.05, 4.69) is 15.2 Å². The van der Waals surface area contributed by atoms with E-state index in [0.29, 0.717) is 67.8 Å². The Morgan fingerprint density at radius 3 is 2.50 bits per heavy atom. The minimum atomic E-state index is -1.54. The Kier molecular flexibility index (Phi) is 8.31. The van der Waals surface area contributed by atoms with E-state index in [9.17, 15) is 18.3 Å². The van der Waals surface area contributed by atoms with E-state index >= 15 is 4.39 Å². The Labute approximate surface area is 208 Å².